The van der Waals surface area contributed by atoms with Gasteiger partial charge in [0.25, 0.3) is 0 Å². The molecule has 2 rings (SSSR count). The number of amides is 1. The highest BCUT2D eigenvalue weighted by Crippen LogP contribution is 2.29. The third-order valence-electron chi connectivity index (χ3n) is 3.76. The van der Waals surface area contributed by atoms with E-state index in [1.165, 1.54) is 12.8 Å². The molecule has 1 aliphatic rings. The van der Waals surface area contributed by atoms with Crippen molar-refractivity contribution in [2.75, 3.05) is 5.32 Å². The van der Waals surface area contributed by atoms with Crippen LogP contribution in [0.4, 0.5) is 5.69 Å². The maximum atomic E-state index is 12.1. The SMILES string of the molecule is CC1CCC(C(=O)Nc2ccc(CCl)cc2)CC1. The van der Waals surface area contributed by atoms with Crippen molar-refractivity contribution in [3.8, 4) is 0 Å². The van der Waals surface area contributed by atoms with Gasteiger partial charge in [-0.15, -0.1) is 11.6 Å². The van der Waals surface area contributed by atoms with Crippen molar-refractivity contribution < 1.29 is 4.79 Å². The topological polar surface area (TPSA) is 29.1 Å². The molecule has 1 amide bonds. The summed E-state index contributed by atoms with van der Waals surface area (Å²) in [4.78, 5) is 12.1. The average molecular weight is 266 g/mol. The van der Waals surface area contributed by atoms with Gasteiger partial charge in [0, 0.05) is 17.5 Å². The molecule has 1 N–H and O–H groups in total. The Bertz CT molecular complexity index is 393. The average Bonchev–Trinajstić information content (AvgIpc) is 2.40. The Balaban J connectivity index is 1.90. The van der Waals surface area contributed by atoms with Gasteiger partial charge in [0.15, 0.2) is 0 Å². The van der Waals surface area contributed by atoms with Crippen LogP contribution in [0.15, 0.2) is 24.3 Å². The minimum Gasteiger partial charge on any atom is -0.326 e. The molecular formula is C15H20ClNO. The van der Waals surface area contributed by atoms with E-state index in [9.17, 15) is 4.79 Å². The lowest BCUT2D eigenvalue weighted by Gasteiger charge is -2.25. The number of carbonyl (C=O) groups excluding carboxylic acids is 1. The number of alkyl halides is 1. The van der Waals surface area contributed by atoms with E-state index in [4.69, 9.17) is 11.6 Å². The largest absolute Gasteiger partial charge is 0.326 e. The first kappa shape index (κ1) is 13.4. The van der Waals surface area contributed by atoms with Crippen molar-refractivity contribution in [2.24, 2.45) is 11.8 Å². The van der Waals surface area contributed by atoms with E-state index in [0.717, 1.165) is 30.0 Å². The predicted molar refractivity (Wildman–Crippen MR) is 75.8 cm³/mol. The molecule has 0 radical (unpaired) electrons. The summed E-state index contributed by atoms with van der Waals surface area (Å²) in [5.74, 6) is 1.64. The van der Waals surface area contributed by atoms with Crippen LogP contribution >= 0.6 is 11.6 Å². The predicted octanol–water partition coefficient (Wildman–Crippen LogP) is 4.19. The van der Waals surface area contributed by atoms with Crippen LogP contribution in [-0.2, 0) is 10.7 Å². The van der Waals surface area contributed by atoms with E-state index in [2.05, 4.69) is 12.2 Å². The summed E-state index contributed by atoms with van der Waals surface area (Å²) >= 11 is 5.73. The number of anilines is 1. The molecule has 1 aromatic carbocycles. The summed E-state index contributed by atoms with van der Waals surface area (Å²) in [5, 5.41) is 3.00. The quantitative estimate of drug-likeness (QED) is 0.816. The molecule has 1 aromatic rings. The smallest absolute Gasteiger partial charge is 0.227 e. The van der Waals surface area contributed by atoms with Crippen molar-refractivity contribution in [3.63, 3.8) is 0 Å². The second kappa shape index (κ2) is 6.24. The second-order valence-corrected chi connectivity index (χ2v) is 5.54. The minimum absolute atomic E-state index is 0.167. The third kappa shape index (κ3) is 3.49. The van der Waals surface area contributed by atoms with Gasteiger partial charge in [-0.05, 0) is 49.3 Å². The Morgan fingerprint density at radius 2 is 1.83 bits per heavy atom. The molecule has 0 saturated heterocycles. The first-order chi connectivity index (χ1) is 8.69. The van der Waals surface area contributed by atoms with Crippen molar-refractivity contribution in [1.29, 1.82) is 0 Å². The Morgan fingerprint density at radius 3 is 2.39 bits per heavy atom. The molecular weight excluding hydrogens is 246 g/mol. The minimum atomic E-state index is 0.167. The molecule has 1 aliphatic carbocycles. The highest BCUT2D eigenvalue weighted by atomic mass is 35.5. The molecule has 3 heteroatoms. The van der Waals surface area contributed by atoms with Crippen LogP contribution in [0.3, 0.4) is 0 Å². The van der Waals surface area contributed by atoms with E-state index in [1.54, 1.807) is 0 Å². The normalized spacial score (nSPS) is 23.7. The van der Waals surface area contributed by atoms with E-state index in [-0.39, 0.29) is 11.8 Å². The number of hydrogen-bond donors (Lipinski definition) is 1. The number of benzene rings is 1. The van der Waals surface area contributed by atoms with Crippen LogP contribution in [0.5, 0.6) is 0 Å². The zero-order chi connectivity index (χ0) is 13.0. The number of hydrogen-bond acceptors (Lipinski definition) is 1. The van der Waals surface area contributed by atoms with Crippen LogP contribution in [0.2, 0.25) is 0 Å². The molecule has 0 aliphatic heterocycles. The van der Waals surface area contributed by atoms with Crippen molar-refractivity contribution in [3.05, 3.63) is 29.8 Å². The summed E-state index contributed by atoms with van der Waals surface area (Å²) in [5.41, 5.74) is 1.94. The van der Waals surface area contributed by atoms with Gasteiger partial charge < -0.3 is 5.32 Å². The lowest BCUT2D eigenvalue weighted by molar-refractivity contribution is -0.121. The number of rotatable bonds is 3. The fourth-order valence-corrected chi connectivity index (χ4v) is 2.62. The van der Waals surface area contributed by atoms with E-state index in [1.807, 2.05) is 24.3 Å². The zero-order valence-electron chi connectivity index (χ0n) is 10.8. The van der Waals surface area contributed by atoms with Gasteiger partial charge in [-0.2, -0.15) is 0 Å². The Labute approximate surface area is 114 Å². The molecule has 0 atom stereocenters. The standard InChI is InChI=1S/C15H20ClNO/c1-11-2-6-13(7-3-11)15(18)17-14-8-4-12(10-16)5-9-14/h4-5,8-9,11,13H,2-3,6-7,10H2,1H3,(H,17,18). The monoisotopic (exact) mass is 265 g/mol. The lowest BCUT2D eigenvalue weighted by atomic mass is 9.82. The lowest BCUT2D eigenvalue weighted by Crippen LogP contribution is -2.26. The maximum Gasteiger partial charge on any atom is 0.227 e. The van der Waals surface area contributed by atoms with E-state index >= 15 is 0 Å². The Morgan fingerprint density at radius 1 is 1.22 bits per heavy atom. The van der Waals surface area contributed by atoms with Crippen LogP contribution < -0.4 is 5.32 Å². The highest BCUT2D eigenvalue weighted by Gasteiger charge is 2.24. The van der Waals surface area contributed by atoms with Gasteiger partial charge >= 0.3 is 0 Å². The van der Waals surface area contributed by atoms with E-state index < -0.39 is 0 Å². The van der Waals surface area contributed by atoms with Gasteiger partial charge in [0.05, 0.1) is 0 Å². The summed E-state index contributed by atoms with van der Waals surface area (Å²) in [6.45, 7) is 2.26. The Hall–Kier alpha value is -1.02. The van der Waals surface area contributed by atoms with Crippen LogP contribution in [0.1, 0.15) is 38.2 Å². The summed E-state index contributed by atoms with van der Waals surface area (Å²) in [6, 6.07) is 7.74. The first-order valence-corrected chi connectivity index (χ1v) is 7.18. The number of nitrogens with one attached hydrogen (secondary N) is 1. The van der Waals surface area contributed by atoms with Crippen molar-refractivity contribution in [2.45, 2.75) is 38.5 Å². The molecule has 0 unspecified atom stereocenters. The van der Waals surface area contributed by atoms with E-state index in [0.29, 0.717) is 5.88 Å². The third-order valence-corrected chi connectivity index (χ3v) is 4.07. The van der Waals surface area contributed by atoms with Crippen molar-refractivity contribution >= 4 is 23.2 Å². The molecule has 0 aromatic heterocycles. The summed E-state index contributed by atoms with van der Waals surface area (Å²) in [7, 11) is 0. The molecule has 2 nitrogen and oxygen atoms in total. The maximum absolute atomic E-state index is 12.1. The second-order valence-electron chi connectivity index (χ2n) is 5.28. The first-order valence-electron chi connectivity index (χ1n) is 6.65. The van der Waals surface area contributed by atoms with Crippen LogP contribution in [0.25, 0.3) is 0 Å². The molecule has 0 spiro atoms. The molecule has 0 bridgehead atoms. The van der Waals surface area contributed by atoms with Gasteiger partial charge in [-0.3, -0.25) is 4.79 Å². The summed E-state index contributed by atoms with van der Waals surface area (Å²) in [6.07, 6.45) is 4.38. The molecule has 0 heterocycles. The van der Waals surface area contributed by atoms with Gasteiger partial charge in [0.2, 0.25) is 5.91 Å². The fraction of sp³-hybridized carbons (Fsp3) is 0.533. The zero-order valence-corrected chi connectivity index (χ0v) is 11.5. The summed E-state index contributed by atoms with van der Waals surface area (Å²) < 4.78 is 0. The van der Waals surface area contributed by atoms with Gasteiger partial charge in [-0.1, -0.05) is 19.1 Å². The molecule has 1 fully saturated rings. The number of carbonyl (C=O) groups is 1. The van der Waals surface area contributed by atoms with Crippen LogP contribution in [-0.4, -0.2) is 5.91 Å². The fourth-order valence-electron chi connectivity index (χ4n) is 2.44. The molecule has 1 saturated carbocycles. The molecule has 18 heavy (non-hydrogen) atoms. The van der Waals surface area contributed by atoms with Gasteiger partial charge in [0.1, 0.15) is 0 Å². The van der Waals surface area contributed by atoms with Gasteiger partial charge in [-0.25, -0.2) is 0 Å². The Kier molecular flexibility index (Phi) is 4.65. The highest BCUT2D eigenvalue weighted by molar-refractivity contribution is 6.17. The number of halogens is 1. The van der Waals surface area contributed by atoms with Crippen molar-refractivity contribution in [1.82, 2.24) is 0 Å². The van der Waals surface area contributed by atoms with Crippen LogP contribution in [0, 0.1) is 11.8 Å². The molecule has 98 valence electrons.